The van der Waals surface area contributed by atoms with E-state index in [0.717, 1.165) is 29.9 Å². The van der Waals surface area contributed by atoms with Crippen LogP contribution in [0.3, 0.4) is 0 Å². The summed E-state index contributed by atoms with van der Waals surface area (Å²) in [5.41, 5.74) is 2.93. The van der Waals surface area contributed by atoms with Crippen molar-refractivity contribution in [2.75, 3.05) is 13.2 Å². The molecule has 144 valence electrons. The molecule has 0 unspecified atom stereocenters. The Hall–Kier alpha value is -3.09. The molecule has 0 aliphatic rings. The summed E-state index contributed by atoms with van der Waals surface area (Å²) in [7, 11) is 0. The zero-order chi connectivity index (χ0) is 19.8. The highest BCUT2D eigenvalue weighted by Crippen LogP contribution is 2.21. The molecule has 1 heterocycles. The van der Waals surface area contributed by atoms with Crippen molar-refractivity contribution in [2.24, 2.45) is 0 Å². The number of urea groups is 1. The minimum atomic E-state index is -0.672. The lowest BCUT2D eigenvalue weighted by molar-refractivity contribution is -0.123. The molecule has 0 aliphatic carbocycles. The topological polar surface area (TPSA) is 89.4 Å². The first-order valence-corrected chi connectivity index (χ1v) is 8.93. The van der Waals surface area contributed by atoms with Crippen LogP contribution in [0.15, 0.2) is 36.4 Å². The van der Waals surface area contributed by atoms with E-state index in [1.54, 1.807) is 6.07 Å². The Kier molecular flexibility index (Phi) is 7.16. The van der Waals surface area contributed by atoms with Crippen LogP contribution >= 0.6 is 0 Å². The van der Waals surface area contributed by atoms with Gasteiger partial charge in [-0.25, -0.2) is 9.59 Å². The van der Waals surface area contributed by atoms with Crippen LogP contribution < -0.4 is 10.6 Å². The highest BCUT2D eigenvalue weighted by atomic mass is 16.5. The van der Waals surface area contributed by atoms with Gasteiger partial charge in [0.2, 0.25) is 0 Å². The van der Waals surface area contributed by atoms with E-state index >= 15 is 0 Å². The third-order valence-electron chi connectivity index (χ3n) is 4.07. The Morgan fingerprint density at radius 3 is 2.48 bits per heavy atom. The summed E-state index contributed by atoms with van der Waals surface area (Å²) in [5.74, 6) is -1.28. The molecule has 0 saturated carbocycles. The minimum absolute atomic E-state index is 0.386. The maximum absolute atomic E-state index is 12.3. The van der Waals surface area contributed by atoms with E-state index in [1.807, 2.05) is 55.7 Å². The quantitative estimate of drug-likeness (QED) is 0.578. The van der Waals surface area contributed by atoms with Crippen molar-refractivity contribution in [3.05, 3.63) is 53.3 Å². The maximum atomic E-state index is 12.3. The summed E-state index contributed by atoms with van der Waals surface area (Å²) in [6, 6.07) is 10.8. The van der Waals surface area contributed by atoms with Crippen molar-refractivity contribution in [2.45, 2.75) is 33.6 Å². The summed E-state index contributed by atoms with van der Waals surface area (Å²) >= 11 is 0. The van der Waals surface area contributed by atoms with Gasteiger partial charge in [-0.3, -0.25) is 10.1 Å². The predicted octanol–water partition coefficient (Wildman–Crippen LogP) is 2.88. The summed E-state index contributed by atoms with van der Waals surface area (Å²) in [6.07, 6.45) is 1.76. The summed E-state index contributed by atoms with van der Waals surface area (Å²) in [6.45, 7) is 5.68. The number of aryl methyl sites for hydroxylation is 1. The van der Waals surface area contributed by atoms with Gasteiger partial charge in [-0.1, -0.05) is 31.5 Å². The summed E-state index contributed by atoms with van der Waals surface area (Å²) in [4.78, 5) is 35.6. The number of amides is 3. The molecule has 0 fully saturated rings. The van der Waals surface area contributed by atoms with Crippen LogP contribution in [0.5, 0.6) is 0 Å². The number of rotatable bonds is 7. The average molecular weight is 371 g/mol. The van der Waals surface area contributed by atoms with Crippen molar-refractivity contribution in [3.63, 3.8) is 0 Å². The number of esters is 1. The van der Waals surface area contributed by atoms with Gasteiger partial charge in [0, 0.05) is 23.6 Å². The first kappa shape index (κ1) is 20.2. The van der Waals surface area contributed by atoms with Crippen molar-refractivity contribution in [1.29, 1.82) is 0 Å². The van der Waals surface area contributed by atoms with E-state index in [-0.39, 0.29) is 0 Å². The second-order valence-electron chi connectivity index (χ2n) is 6.19. The van der Waals surface area contributed by atoms with Crippen LogP contribution in [0, 0.1) is 13.8 Å². The van der Waals surface area contributed by atoms with Gasteiger partial charge < -0.3 is 14.6 Å². The number of carbonyl (C=O) groups is 3. The summed E-state index contributed by atoms with van der Waals surface area (Å²) < 4.78 is 7.00. The Morgan fingerprint density at radius 1 is 1.11 bits per heavy atom. The van der Waals surface area contributed by atoms with E-state index in [4.69, 9.17) is 4.74 Å². The molecule has 3 amide bonds. The molecule has 0 saturated heterocycles. The van der Waals surface area contributed by atoms with Crippen LogP contribution in [-0.2, 0) is 9.53 Å². The van der Waals surface area contributed by atoms with Crippen LogP contribution in [0.25, 0.3) is 5.69 Å². The molecule has 0 bridgehead atoms. The number of aromatic nitrogens is 1. The molecule has 0 aliphatic heterocycles. The van der Waals surface area contributed by atoms with Crippen LogP contribution in [-0.4, -0.2) is 35.6 Å². The van der Waals surface area contributed by atoms with Crippen LogP contribution in [0.2, 0.25) is 0 Å². The SMILES string of the molecule is CCCCNC(=O)NC(=O)COC(=O)c1cc(C)n(-c2ccccc2)c1C. The zero-order valence-corrected chi connectivity index (χ0v) is 15.9. The van der Waals surface area contributed by atoms with E-state index in [1.165, 1.54) is 0 Å². The van der Waals surface area contributed by atoms with Crippen molar-refractivity contribution in [1.82, 2.24) is 15.2 Å². The number of carbonyl (C=O) groups excluding carboxylic acids is 3. The van der Waals surface area contributed by atoms with E-state index < -0.39 is 24.5 Å². The highest BCUT2D eigenvalue weighted by Gasteiger charge is 2.19. The highest BCUT2D eigenvalue weighted by molar-refractivity contribution is 5.97. The molecule has 0 spiro atoms. The number of benzene rings is 1. The van der Waals surface area contributed by atoms with Gasteiger partial charge in [0.15, 0.2) is 6.61 Å². The molecule has 7 nitrogen and oxygen atoms in total. The Labute approximate surface area is 158 Å². The molecule has 0 atom stereocenters. The third kappa shape index (κ3) is 5.44. The van der Waals surface area contributed by atoms with E-state index in [2.05, 4.69) is 10.6 Å². The smallest absolute Gasteiger partial charge is 0.340 e. The van der Waals surface area contributed by atoms with Crippen LogP contribution in [0.1, 0.15) is 41.5 Å². The van der Waals surface area contributed by atoms with Crippen LogP contribution in [0.4, 0.5) is 4.79 Å². The molecule has 2 aromatic rings. The fourth-order valence-electron chi connectivity index (χ4n) is 2.74. The van der Waals surface area contributed by atoms with Gasteiger partial charge in [0.1, 0.15) is 0 Å². The van der Waals surface area contributed by atoms with Gasteiger partial charge in [-0.15, -0.1) is 0 Å². The minimum Gasteiger partial charge on any atom is -0.452 e. The lowest BCUT2D eigenvalue weighted by atomic mass is 10.2. The van der Waals surface area contributed by atoms with Gasteiger partial charge in [0.25, 0.3) is 5.91 Å². The standard InChI is InChI=1S/C20H25N3O4/c1-4-5-11-21-20(26)22-18(24)13-27-19(25)17-12-14(2)23(15(17)3)16-9-7-6-8-10-16/h6-10,12H,4-5,11,13H2,1-3H3,(H2,21,22,24,26). The number of hydrogen-bond donors (Lipinski definition) is 2. The second kappa shape index (κ2) is 9.56. The normalized spacial score (nSPS) is 10.3. The van der Waals surface area contributed by atoms with Gasteiger partial charge in [-0.05, 0) is 38.5 Å². The molecule has 1 aromatic carbocycles. The molecule has 2 N–H and O–H groups in total. The van der Waals surface area contributed by atoms with Crippen molar-refractivity contribution >= 4 is 17.9 Å². The molecular formula is C20H25N3O4. The number of nitrogens with one attached hydrogen (secondary N) is 2. The maximum Gasteiger partial charge on any atom is 0.340 e. The third-order valence-corrected chi connectivity index (χ3v) is 4.07. The van der Waals surface area contributed by atoms with Gasteiger partial charge in [-0.2, -0.15) is 0 Å². The molecule has 0 radical (unpaired) electrons. The number of ether oxygens (including phenoxy) is 1. The molecule has 2 rings (SSSR count). The van der Waals surface area contributed by atoms with Crippen molar-refractivity contribution < 1.29 is 19.1 Å². The Morgan fingerprint density at radius 2 is 1.81 bits per heavy atom. The number of nitrogens with zero attached hydrogens (tertiary/aromatic N) is 1. The first-order chi connectivity index (χ1) is 12.9. The molecule has 27 heavy (non-hydrogen) atoms. The number of hydrogen-bond acceptors (Lipinski definition) is 4. The average Bonchev–Trinajstić information content (AvgIpc) is 2.95. The predicted molar refractivity (Wildman–Crippen MR) is 102 cm³/mol. The van der Waals surface area contributed by atoms with E-state index in [9.17, 15) is 14.4 Å². The Bertz CT molecular complexity index is 812. The van der Waals surface area contributed by atoms with Gasteiger partial charge >= 0.3 is 12.0 Å². The zero-order valence-electron chi connectivity index (χ0n) is 15.9. The number of unbranched alkanes of at least 4 members (excludes halogenated alkanes) is 1. The fraction of sp³-hybridized carbons (Fsp3) is 0.350. The van der Waals surface area contributed by atoms with E-state index in [0.29, 0.717) is 12.1 Å². The number of imide groups is 1. The number of para-hydroxylation sites is 1. The molecule has 1 aromatic heterocycles. The van der Waals surface area contributed by atoms with Gasteiger partial charge in [0.05, 0.1) is 5.56 Å². The Balaban J connectivity index is 1.95. The first-order valence-electron chi connectivity index (χ1n) is 8.93. The lowest BCUT2D eigenvalue weighted by Crippen LogP contribution is -2.41. The monoisotopic (exact) mass is 371 g/mol. The lowest BCUT2D eigenvalue weighted by Gasteiger charge is -2.10. The fourth-order valence-corrected chi connectivity index (χ4v) is 2.74. The largest absolute Gasteiger partial charge is 0.452 e. The molecular weight excluding hydrogens is 346 g/mol. The van der Waals surface area contributed by atoms with Crippen molar-refractivity contribution in [3.8, 4) is 5.69 Å². The summed E-state index contributed by atoms with van der Waals surface area (Å²) in [5, 5.41) is 4.69. The second-order valence-corrected chi connectivity index (χ2v) is 6.19. The molecule has 7 heteroatoms.